The third-order valence-corrected chi connectivity index (χ3v) is 4.94. The Kier molecular flexibility index (Phi) is 5.42. The summed E-state index contributed by atoms with van der Waals surface area (Å²) in [5.74, 6) is 0.589. The number of carbonyl (C=O) groups is 1. The van der Waals surface area contributed by atoms with Crippen LogP contribution in [0, 0.1) is 11.3 Å². The van der Waals surface area contributed by atoms with Gasteiger partial charge in [-0.05, 0) is 30.6 Å². The van der Waals surface area contributed by atoms with Gasteiger partial charge in [-0.1, -0.05) is 20.8 Å². The molecule has 1 fully saturated rings. The largest absolute Gasteiger partial charge is 0.343 e. The fraction of sp³-hybridized carbons (Fsp3) is 0.929. The molecule has 5 heteroatoms. The molecule has 0 radical (unpaired) electrons. The summed E-state index contributed by atoms with van der Waals surface area (Å²) in [5, 5.41) is 0. The highest BCUT2D eigenvalue weighted by atomic mass is 32.2. The molecule has 0 aliphatic carbocycles. The van der Waals surface area contributed by atoms with E-state index in [0.29, 0.717) is 5.92 Å². The standard InChI is InChI=1S/C14H27NO3S/c1-14(2,3)12-6-5-9-15(10-7-12)13(16)8-11-19(4,17)18/h12H,5-11H2,1-4H3/t12-/m0/s1. The van der Waals surface area contributed by atoms with Crippen molar-refractivity contribution >= 4 is 15.7 Å². The zero-order chi connectivity index (χ0) is 14.7. The van der Waals surface area contributed by atoms with Gasteiger partial charge in [0.15, 0.2) is 0 Å². The minimum absolute atomic E-state index is 0.0139. The van der Waals surface area contributed by atoms with Crippen molar-refractivity contribution in [1.29, 1.82) is 0 Å². The molecule has 1 atom stereocenters. The predicted molar refractivity (Wildman–Crippen MR) is 77.7 cm³/mol. The Labute approximate surface area is 117 Å². The van der Waals surface area contributed by atoms with Crippen LogP contribution in [0.3, 0.4) is 0 Å². The fourth-order valence-corrected chi connectivity index (χ4v) is 3.19. The summed E-state index contributed by atoms with van der Waals surface area (Å²) in [4.78, 5) is 13.9. The highest BCUT2D eigenvalue weighted by Gasteiger charge is 2.28. The fourth-order valence-electron chi connectivity index (χ4n) is 2.64. The average Bonchev–Trinajstić information content (AvgIpc) is 2.49. The topological polar surface area (TPSA) is 54.5 Å². The van der Waals surface area contributed by atoms with Gasteiger partial charge in [0.25, 0.3) is 0 Å². The van der Waals surface area contributed by atoms with Gasteiger partial charge in [-0.2, -0.15) is 0 Å². The second-order valence-electron chi connectivity index (χ2n) is 6.75. The van der Waals surface area contributed by atoms with Crippen molar-refractivity contribution in [2.75, 3.05) is 25.1 Å². The van der Waals surface area contributed by atoms with Crippen molar-refractivity contribution in [3.63, 3.8) is 0 Å². The number of nitrogens with zero attached hydrogens (tertiary/aromatic N) is 1. The van der Waals surface area contributed by atoms with Gasteiger partial charge in [0.05, 0.1) is 5.75 Å². The van der Waals surface area contributed by atoms with Gasteiger partial charge in [0.2, 0.25) is 5.91 Å². The number of carbonyl (C=O) groups excluding carboxylic acids is 1. The molecule has 4 nitrogen and oxygen atoms in total. The van der Waals surface area contributed by atoms with E-state index in [1.807, 2.05) is 4.90 Å². The first-order chi connectivity index (χ1) is 8.59. The molecule has 0 aromatic carbocycles. The second kappa shape index (κ2) is 6.25. The van der Waals surface area contributed by atoms with Gasteiger partial charge < -0.3 is 4.90 Å². The molecule has 19 heavy (non-hydrogen) atoms. The van der Waals surface area contributed by atoms with Crippen LogP contribution in [0.25, 0.3) is 0 Å². The maximum Gasteiger partial charge on any atom is 0.223 e. The molecule has 0 saturated carbocycles. The second-order valence-corrected chi connectivity index (χ2v) is 9.01. The first-order valence-electron chi connectivity index (χ1n) is 7.05. The number of rotatable bonds is 3. The van der Waals surface area contributed by atoms with Crippen LogP contribution in [0.4, 0.5) is 0 Å². The average molecular weight is 289 g/mol. The van der Waals surface area contributed by atoms with E-state index < -0.39 is 9.84 Å². The Morgan fingerprint density at radius 1 is 1.21 bits per heavy atom. The number of hydrogen-bond acceptors (Lipinski definition) is 3. The summed E-state index contributed by atoms with van der Waals surface area (Å²) in [5.41, 5.74) is 0.284. The van der Waals surface area contributed by atoms with Crippen molar-refractivity contribution in [1.82, 2.24) is 4.90 Å². The highest BCUT2D eigenvalue weighted by Crippen LogP contribution is 2.34. The van der Waals surface area contributed by atoms with Crippen LogP contribution in [0.2, 0.25) is 0 Å². The Morgan fingerprint density at radius 2 is 1.84 bits per heavy atom. The van der Waals surface area contributed by atoms with E-state index >= 15 is 0 Å². The van der Waals surface area contributed by atoms with Crippen LogP contribution in [0.1, 0.15) is 46.5 Å². The number of hydrogen-bond donors (Lipinski definition) is 0. The highest BCUT2D eigenvalue weighted by molar-refractivity contribution is 7.90. The third-order valence-electron chi connectivity index (χ3n) is 3.99. The Bertz CT molecular complexity index is 409. The molecule has 0 unspecified atom stereocenters. The first-order valence-corrected chi connectivity index (χ1v) is 9.11. The smallest absolute Gasteiger partial charge is 0.223 e. The van der Waals surface area contributed by atoms with Crippen molar-refractivity contribution in [3.8, 4) is 0 Å². The Morgan fingerprint density at radius 3 is 2.37 bits per heavy atom. The molecular formula is C14H27NO3S. The number of likely N-dealkylation sites (tertiary alicyclic amines) is 1. The Hall–Kier alpha value is -0.580. The molecule has 0 aromatic heterocycles. The van der Waals surface area contributed by atoms with Gasteiger partial charge >= 0.3 is 0 Å². The quantitative estimate of drug-likeness (QED) is 0.799. The van der Waals surface area contributed by atoms with Crippen LogP contribution in [-0.2, 0) is 14.6 Å². The lowest BCUT2D eigenvalue weighted by molar-refractivity contribution is -0.130. The van der Waals surface area contributed by atoms with Gasteiger partial charge in [0, 0.05) is 25.8 Å². The van der Waals surface area contributed by atoms with Gasteiger partial charge in [-0.25, -0.2) is 8.42 Å². The third kappa shape index (κ3) is 5.93. The van der Waals surface area contributed by atoms with Crippen LogP contribution >= 0.6 is 0 Å². The summed E-state index contributed by atoms with van der Waals surface area (Å²) in [6.07, 6.45) is 4.50. The zero-order valence-electron chi connectivity index (χ0n) is 12.6. The summed E-state index contributed by atoms with van der Waals surface area (Å²) in [6, 6.07) is 0. The predicted octanol–water partition coefficient (Wildman–Crippen LogP) is 2.10. The van der Waals surface area contributed by atoms with E-state index in [9.17, 15) is 13.2 Å². The molecule has 1 aliphatic heterocycles. The molecule has 112 valence electrons. The molecule has 1 amide bonds. The minimum atomic E-state index is -3.05. The van der Waals surface area contributed by atoms with Crippen LogP contribution < -0.4 is 0 Å². The lowest BCUT2D eigenvalue weighted by Crippen LogP contribution is -2.33. The SMILES string of the molecule is CC(C)(C)[C@H]1CCCN(C(=O)CCS(C)(=O)=O)CC1. The van der Waals surface area contributed by atoms with Gasteiger partial charge in [-0.15, -0.1) is 0 Å². The van der Waals surface area contributed by atoms with E-state index in [0.717, 1.165) is 32.4 Å². The minimum Gasteiger partial charge on any atom is -0.343 e. The number of amides is 1. The maximum absolute atomic E-state index is 12.0. The summed E-state index contributed by atoms with van der Waals surface area (Å²) < 4.78 is 22.2. The lowest BCUT2D eigenvalue weighted by Gasteiger charge is -2.29. The summed E-state index contributed by atoms with van der Waals surface area (Å²) in [6.45, 7) is 8.29. The van der Waals surface area contributed by atoms with E-state index in [4.69, 9.17) is 0 Å². The molecular weight excluding hydrogens is 262 g/mol. The molecule has 1 rings (SSSR count). The summed E-state index contributed by atoms with van der Waals surface area (Å²) >= 11 is 0. The van der Waals surface area contributed by atoms with Gasteiger partial charge in [0.1, 0.15) is 9.84 Å². The van der Waals surface area contributed by atoms with E-state index in [1.165, 1.54) is 6.26 Å². The monoisotopic (exact) mass is 289 g/mol. The molecule has 1 saturated heterocycles. The van der Waals surface area contributed by atoms with Crippen molar-refractivity contribution in [2.24, 2.45) is 11.3 Å². The maximum atomic E-state index is 12.0. The zero-order valence-corrected chi connectivity index (χ0v) is 13.4. The van der Waals surface area contributed by atoms with Crippen LogP contribution in [-0.4, -0.2) is 44.3 Å². The Balaban J connectivity index is 2.51. The molecule has 0 aromatic rings. The molecule has 1 heterocycles. The lowest BCUT2D eigenvalue weighted by atomic mass is 9.77. The molecule has 1 aliphatic rings. The van der Waals surface area contributed by atoms with Crippen LogP contribution in [0.5, 0.6) is 0 Å². The van der Waals surface area contributed by atoms with Gasteiger partial charge in [-0.3, -0.25) is 4.79 Å². The van der Waals surface area contributed by atoms with Crippen molar-refractivity contribution in [2.45, 2.75) is 46.5 Å². The first kappa shape index (κ1) is 16.5. The van der Waals surface area contributed by atoms with E-state index in [-0.39, 0.29) is 23.5 Å². The normalized spacial score (nSPS) is 22.1. The molecule has 0 N–H and O–H groups in total. The summed E-state index contributed by atoms with van der Waals surface area (Å²) in [7, 11) is -3.05. The molecule has 0 spiro atoms. The van der Waals surface area contributed by atoms with Crippen LogP contribution in [0.15, 0.2) is 0 Å². The van der Waals surface area contributed by atoms with Crippen molar-refractivity contribution < 1.29 is 13.2 Å². The van der Waals surface area contributed by atoms with E-state index in [1.54, 1.807) is 0 Å². The number of sulfone groups is 1. The molecule has 0 bridgehead atoms. The van der Waals surface area contributed by atoms with E-state index in [2.05, 4.69) is 20.8 Å². The van der Waals surface area contributed by atoms with Crippen molar-refractivity contribution in [3.05, 3.63) is 0 Å².